The summed E-state index contributed by atoms with van der Waals surface area (Å²) in [6, 6.07) is 5.49. The van der Waals surface area contributed by atoms with Crippen LogP contribution < -0.4 is 5.32 Å². The SMILES string of the molecule is CCCN(CC1CCCCN1)C(C)c1c(O)cccc1O. The maximum absolute atomic E-state index is 10.1. The molecule has 0 aromatic heterocycles. The van der Waals surface area contributed by atoms with Crippen molar-refractivity contribution < 1.29 is 10.2 Å². The van der Waals surface area contributed by atoms with Crippen LogP contribution in [0.3, 0.4) is 0 Å². The van der Waals surface area contributed by atoms with E-state index < -0.39 is 0 Å². The van der Waals surface area contributed by atoms with Crippen LogP contribution in [-0.2, 0) is 0 Å². The molecule has 1 aliphatic heterocycles. The van der Waals surface area contributed by atoms with Crippen LogP contribution in [0.15, 0.2) is 18.2 Å². The molecule has 1 fully saturated rings. The molecule has 0 aliphatic carbocycles. The summed E-state index contributed by atoms with van der Waals surface area (Å²) >= 11 is 0. The van der Waals surface area contributed by atoms with E-state index in [-0.39, 0.29) is 17.5 Å². The molecule has 1 aromatic carbocycles. The molecule has 0 saturated carbocycles. The summed E-state index contributed by atoms with van der Waals surface area (Å²) in [6.07, 6.45) is 4.82. The predicted octanol–water partition coefficient (Wildman–Crippen LogP) is 3.01. The minimum atomic E-state index is 0.00914. The Hall–Kier alpha value is -1.26. The fourth-order valence-electron chi connectivity index (χ4n) is 3.24. The van der Waals surface area contributed by atoms with Gasteiger partial charge in [0.25, 0.3) is 0 Å². The van der Waals surface area contributed by atoms with Crippen molar-refractivity contribution in [3.63, 3.8) is 0 Å². The summed E-state index contributed by atoms with van der Waals surface area (Å²) in [5, 5.41) is 23.7. The third kappa shape index (κ3) is 4.11. The molecule has 118 valence electrons. The minimum absolute atomic E-state index is 0.00914. The Morgan fingerprint density at radius 1 is 1.29 bits per heavy atom. The summed E-state index contributed by atoms with van der Waals surface area (Å²) in [7, 11) is 0. The number of rotatable bonds is 6. The molecule has 3 N–H and O–H groups in total. The number of nitrogens with zero attached hydrogens (tertiary/aromatic N) is 1. The molecular weight excluding hydrogens is 264 g/mol. The second-order valence-corrected chi connectivity index (χ2v) is 6.03. The van der Waals surface area contributed by atoms with Gasteiger partial charge < -0.3 is 15.5 Å². The fourth-order valence-corrected chi connectivity index (χ4v) is 3.24. The van der Waals surface area contributed by atoms with E-state index in [0.29, 0.717) is 11.6 Å². The van der Waals surface area contributed by atoms with Gasteiger partial charge in [-0.1, -0.05) is 19.4 Å². The molecule has 0 spiro atoms. The summed E-state index contributed by atoms with van der Waals surface area (Å²) in [6.45, 7) is 7.25. The first-order valence-corrected chi connectivity index (χ1v) is 8.11. The molecule has 2 atom stereocenters. The Kier molecular flexibility index (Phi) is 5.88. The number of nitrogens with one attached hydrogen (secondary N) is 1. The predicted molar refractivity (Wildman–Crippen MR) is 85.7 cm³/mol. The van der Waals surface area contributed by atoms with Gasteiger partial charge in [-0.05, 0) is 51.4 Å². The van der Waals surface area contributed by atoms with Crippen LogP contribution in [0.2, 0.25) is 0 Å². The highest BCUT2D eigenvalue weighted by Gasteiger charge is 2.24. The largest absolute Gasteiger partial charge is 0.507 e. The van der Waals surface area contributed by atoms with E-state index in [0.717, 1.165) is 26.1 Å². The highest BCUT2D eigenvalue weighted by molar-refractivity contribution is 5.45. The normalized spacial score (nSPS) is 20.6. The van der Waals surface area contributed by atoms with Gasteiger partial charge in [-0.25, -0.2) is 0 Å². The van der Waals surface area contributed by atoms with Crippen LogP contribution in [0.25, 0.3) is 0 Å². The van der Waals surface area contributed by atoms with Gasteiger partial charge in [0, 0.05) is 18.6 Å². The molecule has 0 radical (unpaired) electrons. The number of benzene rings is 1. The third-order valence-electron chi connectivity index (χ3n) is 4.40. The van der Waals surface area contributed by atoms with Gasteiger partial charge >= 0.3 is 0 Å². The first-order valence-electron chi connectivity index (χ1n) is 8.11. The van der Waals surface area contributed by atoms with Crippen molar-refractivity contribution in [1.29, 1.82) is 0 Å². The van der Waals surface area contributed by atoms with Crippen LogP contribution in [0.5, 0.6) is 11.5 Å². The molecule has 2 unspecified atom stereocenters. The third-order valence-corrected chi connectivity index (χ3v) is 4.40. The van der Waals surface area contributed by atoms with Crippen LogP contribution in [0.1, 0.15) is 51.1 Å². The van der Waals surface area contributed by atoms with Crippen LogP contribution >= 0.6 is 0 Å². The van der Waals surface area contributed by atoms with Crippen molar-refractivity contribution in [3.05, 3.63) is 23.8 Å². The lowest BCUT2D eigenvalue weighted by molar-refractivity contribution is 0.171. The van der Waals surface area contributed by atoms with Crippen molar-refractivity contribution >= 4 is 0 Å². The van der Waals surface area contributed by atoms with E-state index in [9.17, 15) is 10.2 Å². The molecule has 1 heterocycles. The number of aromatic hydroxyl groups is 2. The van der Waals surface area contributed by atoms with Crippen LogP contribution in [-0.4, -0.2) is 40.8 Å². The average molecular weight is 292 g/mol. The topological polar surface area (TPSA) is 55.7 Å². The quantitative estimate of drug-likeness (QED) is 0.754. The van der Waals surface area contributed by atoms with Gasteiger partial charge in [0.1, 0.15) is 11.5 Å². The lowest BCUT2D eigenvalue weighted by Gasteiger charge is -2.35. The molecule has 2 rings (SSSR count). The number of phenolic OH excluding ortho intramolecular Hbond substituents is 2. The maximum Gasteiger partial charge on any atom is 0.124 e. The second-order valence-electron chi connectivity index (χ2n) is 6.03. The zero-order valence-electron chi connectivity index (χ0n) is 13.2. The number of hydrogen-bond donors (Lipinski definition) is 3. The Labute approximate surface area is 127 Å². The maximum atomic E-state index is 10.1. The molecule has 1 saturated heterocycles. The van der Waals surface area contributed by atoms with Gasteiger partial charge in [-0.15, -0.1) is 0 Å². The Morgan fingerprint density at radius 2 is 2.00 bits per heavy atom. The summed E-state index contributed by atoms with van der Waals surface area (Å²) in [4.78, 5) is 2.36. The van der Waals surface area contributed by atoms with Crippen molar-refractivity contribution in [3.8, 4) is 11.5 Å². The monoisotopic (exact) mass is 292 g/mol. The Bertz CT molecular complexity index is 424. The van der Waals surface area contributed by atoms with Crippen LogP contribution in [0.4, 0.5) is 0 Å². The van der Waals surface area contributed by atoms with E-state index in [1.54, 1.807) is 18.2 Å². The smallest absolute Gasteiger partial charge is 0.124 e. The Morgan fingerprint density at radius 3 is 2.57 bits per heavy atom. The highest BCUT2D eigenvalue weighted by atomic mass is 16.3. The van der Waals surface area contributed by atoms with E-state index >= 15 is 0 Å². The minimum Gasteiger partial charge on any atom is -0.507 e. The molecule has 1 aliphatic rings. The van der Waals surface area contributed by atoms with Crippen molar-refractivity contribution in [2.45, 2.75) is 51.6 Å². The van der Waals surface area contributed by atoms with E-state index in [1.807, 2.05) is 0 Å². The number of piperidine rings is 1. The number of hydrogen-bond acceptors (Lipinski definition) is 4. The first-order chi connectivity index (χ1) is 10.1. The zero-order chi connectivity index (χ0) is 15.2. The van der Waals surface area contributed by atoms with E-state index in [2.05, 4.69) is 24.1 Å². The summed E-state index contributed by atoms with van der Waals surface area (Å²) in [5.41, 5.74) is 0.641. The molecule has 21 heavy (non-hydrogen) atoms. The standard InChI is InChI=1S/C17H28N2O2/c1-3-11-19(12-14-7-4-5-10-18-14)13(2)17-15(20)8-6-9-16(17)21/h6,8-9,13-14,18,20-21H,3-5,7,10-12H2,1-2H3. The van der Waals surface area contributed by atoms with Gasteiger partial charge in [-0.3, -0.25) is 4.90 Å². The van der Waals surface area contributed by atoms with Gasteiger partial charge in [0.05, 0.1) is 5.56 Å². The molecule has 0 amide bonds. The molecular formula is C17H28N2O2. The van der Waals surface area contributed by atoms with Gasteiger partial charge in [0.15, 0.2) is 0 Å². The fraction of sp³-hybridized carbons (Fsp3) is 0.647. The number of phenols is 2. The zero-order valence-corrected chi connectivity index (χ0v) is 13.2. The highest BCUT2D eigenvalue weighted by Crippen LogP contribution is 2.35. The van der Waals surface area contributed by atoms with Crippen molar-refractivity contribution in [1.82, 2.24) is 10.2 Å². The lowest BCUT2D eigenvalue weighted by atomic mass is 10.0. The van der Waals surface area contributed by atoms with Gasteiger partial charge in [-0.2, -0.15) is 0 Å². The van der Waals surface area contributed by atoms with Crippen LogP contribution in [0, 0.1) is 0 Å². The van der Waals surface area contributed by atoms with Gasteiger partial charge in [0.2, 0.25) is 0 Å². The van der Waals surface area contributed by atoms with Crippen molar-refractivity contribution in [2.24, 2.45) is 0 Å². The molecule has 4 nitrogen and oxygen atoms in total. The average Bonchev–Trinajstić information content (AvgIpc) is 2.47. The summed E-state index contributed by atoms with van der Waals surface area (Å²) in [5.74, 6) is 0.361. The summed E-state index contributed by atoms with van der Waals surface area (Å²) < 4.78 is 0. The molecule has 1 aromatic rings. The lowest BCUT2D eigenvalue weighted by Crippen LogP contribution is -2.44. The second kappa shape index (κ2) is 7.66. The Balaban J connectivity index is 2.12. The van der Waals surface area contributed by atoms with Crippen molar-refractivity contribution in [2.75, 3.05) is 19.6 Å². The molecule has 4 heteroatoms. The first kappa shape index (κ1) is 16.1. The molecule has 0 bridgehead atoms. The van der Waals surface area contributed by atoms with E-state index in [4.69, 9.17) is 0 Å². The van der Waals surface area contributed by atoms with E-state index in [1.165, 1.54) is 19.3 Å².